The molecule has 32 heavy (non-hydrogen) atoms. The Bertz CT molecular complexity index is 920. The van der Waals surface area contributed by atoms with Crippen LogP contribution in [0.4, 0.5) is 0 Å². The van der Waals surface area contributed by atoms with Crippen molar-refractivity contribution in [2.45, 2.75) is 81.1 Å². The van der Waals surface area contributed by atoms with Crippen molar-refractivity contribution in [3.05, 3.63) is 35.4 Å². The van der Waals surface area contributed by atoms with Crippen molar-refractivity contribution in [3.63, 3.8) is 0 Å². The van der Waals surface area contributed by atoms with Gasteiger partial charge in [0.25, 0.3) is 0 Å². The first-order valence-corrected chi connectivity index (χ1v) is 12.4. The fraction of sp³-hybridized carbons (Fsp3) is 0.625. The molecule has 0 aromatic heterocycles. The van der Waals surface area contributed by atoms with Crippen LogP contribution < -0.4 is 16.4 Å². The molecule has 2 fully saturated rings. The maximum absolute atomic E-state index is 13.8. The fourth-order valence-corrected chi connectivity index (χ4v) is 7.72. The third-order valence-electron chi connectivity index (χ3n) is 7.42. The van der Waals surface area contributed by atoms with Crippen molar-refractivity contribution in [1.82, 2.24) is 15.5 Å². The van der Waals surface area contributed by atoms with E-state index in [4.69, 9.17) is 5.73 Å². The lowest BCUT2D eigenvalue weighted by Gasteiger charge is -2.32. The lowest BCUT2D eigenvalue weighted by Crippen LogP contribution is -2.57. The minimum atomic E-state index is -0.678. The number of likely N-dealkylation sites (N-methyl/N-ethyl adjacent to an activating group) is 1. The van der Waals surface area contributed by atoms with E-state index < -0.39 is 29.4 Å². The summed E-state index contributed by atoms with van der Waals surface area (Å²) in [5, 5.41) is 5.95. The molecule has 0 radical (unpaired) electrons. The Balaban J connectivity index is 1.70. The Labute approximate surface area is 194 Å². The van der Waals surface area contributed by atoms with Gasteiger partial charge in [0.2, 0.25) is 17.7 Å². The molecular weight excluding hydrogens is 424 g/mol. The number of hydrogen-bond acceptors (Lipinski definition) is 5. The van der Waals surface area contributed by atoms with E-state index >= 15 is 0 Å². The number of nitrogens with zero attached hydrogens (tertiary/aromatic N) is 1. The predicted molar refractivity (Wildman–Crippen MR) is 126 cm³/mol. The van der Waals surface area contributed by atoms with Gasteiger partial charge in [0, 0.05) is 5.25 Å². The molecular formula is C24H34N4O3S. The summed E-state index contributed by atoms with van der Waals surface area (Å²) in [5.74, 6) is -0.568. The van der Waals surface area contributed by atoms with E-state index in [0.717, 1.165) is 12.8 Å². The van der Waals surface area contributed by atoms with E-state index in [1.165, 1.54) is 11.1 Å². The summed E-state index contributed by atoms with van der Waals surface area (Å²) in [6.07, 6.45) is 3.32. The van der Waals surface area contributed by atoms with Gasteiger partial charge in [-0.2, -0.15) is 0 Å². The summed E-state index contributed by atoms with van der Waals surface area (Å²) < 4.78 is 0. The van der Waals surface area contributed by atoms with Crippen LogP contribution >= 0.6 is 11.8 Å². The number of carbonyl (C=O) groups excluding carboxylic acids is 3. The van der Waals surface area contributed by atoms with Crippen molar-refractivity contribution >= 4 is 29.5 Å². The highest BCUT2D eigenvalue weighted by molar-refractivity contribution is 8.00. The van der Waals surface area contributed by atoms with Gasteiger partial charge in [-0.25, -0.2) is 0 Å². The van der Waals surface area contributed by atoms with E-state index in [0.29, 0.717) is 18.8 Å². The van der Waals surface area contributed by atoms with Gasteiger partial charge in [-0.3, -0.25) is 14.4 Å². The molecule has 3 aliphatic rings. The summed E-state index contributed by atoms with van der Waals surface area (Å²) in [4.78, 5) is 40.6. The number of hydrogen-bond donors (Lipinski definition) is 3. The average molecular weight is 459 g/mol. The van der Waals surface area contributed by atoms with E-state index in [1.807, 2.05) is 13.8 Å². The van der Waals surface area contributed by atoms with E-state index in [9.17, 15) is 14.4 Å². The Morgan fingerprint density at radius 2 is 2.00 bits per heavy atom. The molecule has 2 aliphatic heterocycles. The van der Waals surface area contributed by atoms with E-state index in [2.05, 4.69) is 34.9 Å². The van der Waals surface area contributed by atoms with Crippen molar-refractivity contribution in [2.24, 2.45) is 11.1 Å². The second kappa shape index (κ2) is 8.71. The molecule has 6 atom stereocenters. The first-order valence-electron chi connectivity index (χ1n) is 11.5. The van der Waals surface area contributed by atoms with Crippen LogP contribution in [0.3, 0.4) is 0 Å². The minimum absolute atomic E-state index is 0.128. The second-order valence-corrected chi connectivity index (χ2v) is 11.4. The molecule has 0 bridgehead atoms. The van der Waals surface area contributed by atoms with Crippen molar-refractivity contribution in [2.75, 3.05) is 7.05 Å². The Hall–Kier alpha value is -2.06. The molecule has 3 amide bonds. The molecule has 2 heterocycles. The SMILES string of the molecule is CN[C@@H](C)C(=O)NC1CC([C@@H]2CCc3ccccc32)SC2CC(C)(C)C(C(N)=O)N2C1=O. The smallest absolute Gasteiger partial charge is 0.246 e. The number of amides is 3. The van der Waals surface area contributed by atoms with Gasteiger partial charge >= 0.3 is 0 Å². The molecule has 4 unspecified atom stereocenters. The highest BCUT2D eigenvalue weighted by Crippen LogP contribution is 2.51. The zero-order valence-electron chi connectivity index (χ0n) is 19.3. The van der Waals surface area contributed by atoms with Crippen LogP contribution in [-0.2, 0) is 20.8 Å². The molecule has 0 spiro atoms. The Morgan fingerprint density at radius 3 is 2.69 bits per heavy atom. The summed E-state index contributed by atoms with van der Waals surface area (Å²) in [6, 6.07) is 6.76. The first kappa shape index (κ1) is 23.1. The van der Waals surface area contributed by atoms with Crippen LogP contribution in [0, 0.1) is 5.41 Å². The summed E-state index contributed by atoms with van der Waals surface area (Å²) >= 11 is 1.79. The summed E-state index contributed by atoms with van der Waals surface area (Å²) in [6.45, 7) is 5.77. The third kappa shape index (κ3) is 4.03. The highest BCUT2D eigenvalue weighted by atomic mass is 32.2. The molecule has 4 N–H and O–H groups in total. The third-order valence-corrected chi connectivity index (χ3v) is 9.00. The molecule has 1 aromatic carbocycles. The quantitative estimate of drug-likeness (QED) is 0.624. The van der Waals surface area contributed by atoms with Crippen LogP contribution in [0.25, 0.3) is 0 Å². The van der Waals surface area contributed by atoms with E-state index in [1.54, 1.807) is 30.6 Å². The van der Waals surface area contributed by atoms with Crippen molar-refractivity contribution in [3.8, 4) is 0 Å². The highest BCUT2D eigenvalue weighted by Gasteiger charge is 2.55. The standard InChI is InChI=1S/C24H34N4O3S/c1-13(26-4)22(30)27-17-11-18(16-10-9-14-7-5-6-8-15(14)16)32-19-12-24(2,3)20(21(25)29)28(19)23(17)31/h5-8,13,16-20,26H,9-12H2,1-4H3,(H2,25,29)(H,27,30)/t13-,16+,17?,18?,19?,20?/m0/s1. The molecule has 0 saturated carbocycles. The van der Waals surface area contributed by atoms with E-state index in [-0.39, 0.29) is 22.4 Å². The maximum Gasteiger partial charge on any atom is 0.246 e. The largest absolute Gasteiger partial charge is 0.368 e. The van der Waals surface area contributed by atoms with Crippen molar-refractivity contribution < 1.29 is 14.4 Å². The molecule has 8 heteroatoms. The maximum atomic E-state index is 13.8. The lowest BCUT2D eigenvalue weighted by atomic mass is 9.84. The van der Waals surface area contributed by atoms with Gasteiger partial charge in [0.15, 0.2) is 0 Å². The van der Waals surface area contributed by atoms with Gasteiger partial charge in [-0.1, -0.05) is 38.1 Å². The number of rotatable bonds is 5. The number of primary amides is 1. The van der Waals surface area contributed by atoms with Gasteiger partial charge in [0.1, 0.15) is 12.1 Å². The second-order valence-electron chi connectivity index (χ2n) is 10.0. The topological polar surface area (TPSA) is 105 Å². The van der Waals surface area contributed by atoms with Gasteiger partial charge < -0.3 is 21.3 Å². The van der Waals surface area contributed by atoms with Gasteiger partial charge in [-0.15, -0.1) is 11.8 Å². The van der Waals surface area contributed by atoms with Crippen LogP contribution in [0.2, 0.25) is 0 Å². The summed E-state index contributed by atoms with van der Waals surface area (Å²) in [7, 11) is 1.72. The van der Waals surface area contributed by atoms with Gasteiger partial charge in [0.05, 0.1) is 11.4 Å². The molecule has 1 aliphatic carbocycles. The number of thioether (sulfide) groups is 1. The number of aryl methyl sites for hydroxylation is 1. The van der Waals surface area contributed by atoms with Crippen LogP contribution in [-0.4, -0.2) is 58.4 Å². The summed E-state index contributed by atoms with van der Waals surface area (Å²) in [5.41, 5.74) is 8.10. The normalized spacial score (nSPS) is 32.1. The molecule has 1 aromatic rings. The molecule has 4 rings (SSSR count). The molecule has 7 nitrogen and oxygen atoms in total. The Kier molecular flexibility index (Phi) is 6.29. The fourth-order valence-electron chi connectivity index (χ4n) is 5.66. The monoisotopic (exact) mass is 458 g/mol. The number of nitrogens with two attached hydrogens (primary N) is 1. The zero-order valence-corrected chi connectivity index (χ0v) is 20.1. The Morgan fingerprint density at radius 1 is 1.28 bits per heavy atom. The number of fused-ring (bicyclic) bond motifs is 2. The average Bonchev–Trinajstić information content (AvgIpc) is 3.25. The first-order chi connectivity index (χ1) is 15.1. The minimum Gasteiger partial charge on any atom is -0.368 e. The van der Waals surface area contributed by atoms with Crippen LogP contribution in [0.5, 0.6) is 0 Å². The van der Waals surface area contributed by atoms with Crippen LogP contribution in [0.15, 0.2) is 24.3 Å². The number of benzene rings is 1. The van der Waals surface area contributed by atoms with Crippen molar-refractivity contribution in [1.29, 1.82) is 0 Å². The number of carbonyl (C=O) groups is 3. The molecule has 174 valence electrons. The lowest BCUT2D eigenvalue weighted by molar-refractivity contribution is -0.142. The zero-order chi connectivity index (χ0) is 23.2. The molecule has 2 saturated heterocycles. The number of nitrogens with one attached hydrogen (secondary N) is 2. The van der Waals surface area contributed by atoms with Gasteiger partial charge in [-0.05, 0) is 62.1 Å². The van der Waals surface area contributed by atoms with Crippen LogP contribution in [0.1, 0.15) is 57.1 Å². The predicted octanol–water partition coefficient (Wildman–Crippen LogP) is 1.75.